The van der Waals surface area contributed by atoms with E-state index in [2.05, 4.69) is 64.9 Å². The second-order valence-corrected chi connectivity index (χ2v) is 11.0. The number of halogens is 1. The van der Waals surface area contributed by atoms with Gasteiger partial charge >= 0.3 is 0 Å². The van der Waals surface area contributed by atoms with Crippen molar-refractivity contribution in [2.24, 2.45) is 5.41 Å². The van der Waals surface area contributed by atoms with Crippen LogP contribution < -0.4 is 10.6 Å². The van der Waals surface area contributed by atoms with Crippen LogP contribution in [0, 0.1) is 45.2 Å². The maximum absolute atomic E-state index is 13.8. The first-order valence-corrected chi connectivity index (χ1v) is 12.5. The molecule has 0 amide bonds. The molecule has 1 aliphatic rings. The molecule has 1 aliphatic carbocycles. The van der Waals surface area contributed by atoms with Crippen molar-refractivity contribution >= 4 is 22.3 Å². The fourth-order valence-electron chi connectivity index (χ4n) is 4.38. The molecule has 1 fully saturated rings. The van der Waals surface area contributed by atoms with Crippen LogP contribution in [-0.2, 0) is 5.54 Å². The molecule has 194 valence electrons. The van der Waals surface area contributed by atoms with Crippen LogP contribution in [0.5, 0.6) is 0 Å². The fraction of sp³-hybridized carbons (Fsp3) is 0.310. The molecule has 1 atom stereocenters. The lowest BCUT2D eigenvalue weighted by Gasteiger charge is -2.22. The van der Waals surface area contributed by atoms with Gasteiger partial charge in [-0.2, -0.15) is 15.8 Å². The van der Waals surface area contributed by atoms with Crippen LogP contribution in [0.3, 0.4) is 0 Å². The lowest BCUT2D eigenvalue weighted by atomic mass is 9.96. The maximum Gasteiger partial charge on any atom is 0.150 e. The molecule has 0 unspecified atom stereocenters. The number of nitriles is 3. The van der Waals surface area contributed by atoms with Gasteiger partial charge in [-0.05, 0) is 48.1 Å². The third kappa shape index (κ3) is 5.08. The smallest absolute Gasteiger partial charge is 0.150 e. The van der Waals surface area contributed by atoms with Gasteiger partial charge in [-0.1, -0.05) is 38.1 Å². The lowest BCUT2D eigenvalue weighted by molar-refractivity contribution is 0.443. The van der Waals surface area contributed by atoms with Gasteiger partial charge in [0.05, 0.1) is 40.6 Å². The average molecular weight is 520 g/mol. The molecular weight excluding hydrogens is 493 g/mol. The van der Waals surface area contributed by atoms with Gasteiger partial charge < -0.3 is 10.6 Å². The predicted octanol–water partition coefficient (Wildman–Crippen LogP) is 5.38. The Morgan fingerprint density at radius 2 is 1.79 bits per heavy atom. The highest BCUT2D eigenvalue weighted by Crippen LogP contribution is 2.42. The van der Waals surface area contributed by atoms with Crippen LogP contribution >= 0.6 is 0 Å². The van der Waals surface area contributed by atoms with Crippen molar-refractivity contribution in [3.05, 3.63) is 77.0 Å². The van der Waals surface area contributed by atoms with Crippen molar-refractivity contribution in [2.45, 2.75) is 45.2 Å². The molecule has 5 rings (SSSR count). The van der Waals surface area contributed by atoms with E-state index >= 15 is 0 Å². The van der Waals surface area contributed by atoms with Crippen LogP contribution in [0.15, 0.2) is 48.8 Å². The molecule has 4 aromatic rings. The molecule has 0 aliphatic heterocycles. The van der Waals surface area contributed by atoms with Crippen molar-refractivity contribution in [1.29, 1.82) is 15.8 Å². The summed E-state index contributed by atoms with van der Waals surface area (Å²) in [4.78, 5) is 4.41. The number of fused-ring (bicyclic) bond motifs is 1. The van der Waals surface area contributed by atoms with Crippen LogP contribution in [-0.4, -0.2) is 26.5 Å². The van der Waals surface area contributed by atoms with Gasteiger partial charge in [0.1, 0.15) is 23.6 Å². The molecule has 2 aromatic carbocycles. The minimum Gasteiger partial charge on any atom is -0.383 e. The molecule has 0 radical (unpaired) electrons. The summed E-state index contributed by atoms with van der Waals surface area (Å²) in [5.41, 5.74) is 2.90. The van der Waals surface area contributed by atoms with E-state index in [9.17, 15) is 20.2 Å². The topological polar surface area (TPSA) is 139 Å². The van der Waals surface area contributed by atoms with Crippen LogP contribution in [0.4, 0.5) is 15.8 Å². The Bertz CT molecular complexity index is 1670. The number of aromatic nitrogens is 4. The first-order valence-electron chi connectivity index (χ1n) is 12.5. The minimum absolute atomic E-state index is 0.0575. The summed E-state index contributed by atoms with van der Waals surface area (Å²) in [6.45, 7) is 6.85. The standard InChI is InChI=1S/C29H26FN9/c1-28(2,3)17-35-26-20(13-32)14-34-25-19(12-31)10-22(11-23(25)26)36-27(18-4-6-21(30)7-5-18)24-15-39(38-37-24)29(16-33)8-9-29/h4-7,10-11,14-15,27,36H,8-9,17H2,1-3H3,(H,34,35)/t27-/m0/s1. The Morgan fingerprint density at radius 1 is 1.08 bits per heavy atom. The predicted molar refractivity (Wildman–Crippen MR) is 144 cm³/mol. The number of hydrogen-bond donors (Lipinski definition) is 2. The first-order chi connectivity index (χ1) is 18.7. The number of hydrogen-bond acceptors (Lipinski definition) is 8. The number of benzene rings is 2. The summed E-state index contributed by atoms with van der Waals surface area (Å²) in [6, 6.07) is 15.7. The summed E-state index contributed by atoms with van der Waals surface area (Å²) < 4.78 is 15.4. The molecule has 2 heterocycles. The molecule has 2 aromatic heterocycles. The Balaban J connectivity index is 1.61. The lowest BCUT2D eigenvalue weighted by Crippen LogP contribution is -2.20. The van der Waals surface area contributed by atoms with Gasteiger partial charge in [0.2, 0.25) is 0 Å². The number of nitrogens with zero attached hydrogens (tertiary/aromatic N) is 7. The molecule has 1 saturated carbocycles. The van der Waals surface area contributed by atoms with Crippen molar-refractivity contribution < 1.29 is 4.39 Å². The zero-order valence-electron chi connectivity index (χ0n) is 21.8. The zero-order valence-corrected chi connectivity index (χ0v) is 21.8. The Labute approximate surface area is 225 Å². The molecule has 39 heavy (non-hydrogen) atoms. The second kappa shape index (κ2) is 9.70. The van der Waals surface area contributed by atoms with Gasteiger partial charge in [0.15, 0.2) is 5.54 Å². The minimum atomic E-state index is -0.678. The van der Waals surface area contributed by atoms with E-state index in [1.54, 1.807) is 29.1 Å². The average Bonchev–Trinajstić information content (AvgIpc) is 3.57. The van der Waals surface area contributed by atoms with Crippen LogP contribution in [0.25, 0.3) is 10.9 Å². The number of nitrogens with one attached hydrogen (secondary N) is 2. The van der Waals surface area contributed by atoms with Gasteiger partial charge in [0, 0.05) is 23.8 Å². The molecule has 0 spiro atoms. The van der Waals surface area contributed by atoms with Crippen molar-refractivity contribution in [2.75, 3.05) is 17.2 Å². The molecular formula is C29H26FN9. The highest BCUT2D eigenvalue weighted by molar-refractivity contribution is 5.99. The summed E-state index contributed by atoms with van der Waals surface area (Å²) in [7, 11) is 0. The molecule has 0 bridgehead atoms. The summed E-state index contributed by atoms with van der Waals surface area (Å²) in [5.74, 6) is -0.371. The van der Waals surface area contributed by atoms with E-state index in [-0.39, 0.29) is 11.2 Å². The second-order valence-electron chi connectivity index (χ2n) is 11.0. The monoisotopic (exact) mass is 519 g/mol. The normalized spacial score (nSPS) is 14.6. The first kappa shape index (κ1) is 25.6. The Morgan fingerprint density at radius 3 is 2.41 bits per heavy atom. The molecule has 2 N–H and O–H groups in total. The maximum atomic E-state index is 13.8. The largest absolute Gasteiger partial charge is 0.383 e. The third-order valence-electron chi connectivity index (χ3n) is 6.70. The van der Waals surface area contributed by atoms with Crippen molar-refractivity contribution in [3.63, 3.8) is 0 Å². The zero-order chi connectivity index (χ0) is 27.8. The molecule has 0 saturated heterocycles. The molecule has 9 nitrogen and oxygen atoms in total. The third-order valence-corrected chi connectivity index (χ3v) is 6.70. The highest BCUT2D eigenvalue weighted by Gasteiger charge is 2.46. The quantitative estimate of drug-likeness (QED) is 0.332. The van der Waals surface area contributed by atoms with E-state index in [1.807, 2.05) is 6.07 Å². The SMILES string of the molecule is CC(C)(C)CNc1c(C#N)cnc2c(C#N)cc(N[C@@H](c3ccc(F)cc3)c3cn(C4(C#N)CC4)nn3)cc12. The highest BCUT2D eigenvalue weighted by atomic mass is 19.1. The summed E-state index contributed by atoms with van der Waals surface area (Å²) in [5, 5.41) is 45.3. The van der Waals surface area contributed by atoms with Gasteiger partial charge in [-0.3, -0.25) is 4.98 Å². The number of pyridine rings is 1. The van der Waals surface area contributed by atoms with Gasteiger partial charge in [-0.25, -0.2) is 9.07 Å². The summed E-state index contributed by atoms with van der Waals surface area (Å²) >= 11 is 0. The van der Waals surface area contributed by atoms with E-state index in [0.29, 0.717) is 58.5 Å². The van der Waals surface area contributed by atoms with Crippen molar-refractivity contribution in [3.8, 4) is 18.2 Å². The van der Waals surface area contributed by atoms with Gasteiger partial charge in [-0.15, -0.1) is 5.10 Å². The van der Waals surface area contributed by atoms with Crippen LogP contribution in [0.2, 0.25) is 0 Å². The van der Waals surface area contributed by atoms with Crippen molar-refractivity contribution in [1.82, 2.24) is 20.0 Å². The van der Waals surface area contributed by atoms with Crippen LogP contribution in [0.1, 0.15) is 62.0 Å². The number of anilines is 2. The summed E-state index contributed by atoms with van der Waals surface area (Å²) in [6.07, 6.45) is 4.62. The van der Waals surface area contributed by atoms with E-state index < -0.39 is 11.6 Å². The molecule has 10 heteroatoms. The van der Waals surface area contributed by atoms with E-state index in [0.717, 1.165) is 5.56 Å². The van der Waals surface area contributed by atoms with E-state index in [1.165, 1.54) is 18.3 Å². The number of rotatable bonds is 7. The van der Waals surface area contributed by atoms with E-state index in [4.69, 9.17) is 0 Å². The Kier molecular flexibility index (Phi) is 6.38. The Hall–Kier alpha value is -5.01. The van der Waals surface area contributed by atoms with Gasteiger partial charge in [0.25, 0.3) is 0 Å². The fourth-order valence-corrected chi connectivity index (χ4v) is 4.38.